The molecule has 0 aliphatic heterocycles. The molecule has 1 aromatic heterocycles. The summed E-state index contributed by atoms with van der Waals surface area (Å²) in [5, 5.41) is 8.54. The van der Waals surface area contributed by atoms with Gasteiger partial charge in [0.2, 0.25) is 0 Å². The molecule has 5 heteroatoms. The number of hydrogen-bond acceptors (Lipinski definition) is 4. The zero-order valence-corrected chi connectivity index (χ0v) is 8.17. The van der Waals surface area contributed by atoms with Crippen molar-refractivity contribution in [2.45, 2.75) is 25.8 Å². The zero-order valence-electron chi connectivity index (χ0n) is 7.36. The largest absolute Gasteiger partial charge is 0.480 e. The first-order chi connectivity index (χ1) is 6.11. The predicted octanol–water partition coefficient (Wildman–Crippen LogP) is 0.796. The summed E-state index contributed by atoms with van der Waals surface area (Å²) in [6.07, 6.45) is 1.17. The van der Waals surface area contributed by atoms with E-state index in [0.717, 1.165) is 10.6 Å². The molecule has 0 saturated heterocycles. The van der Waals surface area contributed by atoms with Crippen molar-refractivity contribution >= 4 is 17.3 Å². The molecule has 0 fully saturated rings. The SMILES string of the molecule is Cc1ncsc1CC[C@H](N)C(=O)O. The molecule has 1 aromatic rings. The highest BCUT2D eigenvalue weighted by Crippen LogP contribution is 2.14. The number of hydrogen-bond donors (Lipinski definition) is 2. The van der Waals surface area contributed by atoms with Gasteiger partial charge in [0.15, 0.2) is 0 Å². The average molecular weight is 200 g/mol. The van der Waals surface area contributed by atoms with E-state index in [2.05, 4.69) is 4.98 Å². The van der Waals surface area contributed by atoms with E-state index >= 15 is 0 Å². The van der Waals surface area contributed by atoms with Gasteiger partial charge in [-0.05, 0) is 19.8 Å². The van der Waals surface area contributed by atoms with Gasteiger partial charge >= 0.3 is 5.97 Å². The first-order valence-corrected chi connectivity index (χ1v) is 4.86. The van der Waals surface area contributed by atoms with Gasteiger partial charge in [-0.2, -0.15) is 0 Å². The third-order valence-corrected chi connectivity index (χ3v) is 2.84. The highest BCUT2D eigenvalue weighted by atomic mass is 32.1. The molecule has 0 aliphatic carbocycles. The molecule has 0 amide bonds. The average Bonchev–Trinajstić information content (AvgIpc) is 2.47. The van der Waals surface area contributed by atoms with Crippen LogP contribution in [0.3, 0.4) is 0 Å². The maximum Gasteiger partial charge on any atom is 0.320 e. The van der Waals surface area contributed by atoms with E-state index in [1.54, 1.807) is 16.8 Å². The van der Waals surface area contributed by atoms with Crippen LogP contribution in [0.5, 0.6) is 0 Å². The number of carboxylic acid groups (broad SMARTS) is 1. The molecule has 1 atom stereocenters. The molecule has 3 N–H and O–H groups in total. The monoisotopic (exact) mass is 200 g/mol. The molecule has 0 radical (unpaired) electrons. The Hall–Kier alpha value is -0.940. The molecule has 0 unspecified atom stereocenters. The fourth-order valence-electron chi connectivity index (χ4n) is 0.976. The maximum absolute atomic E-state index is 10.4. The van der Waals surface area contributed by atoms with Gasteiger partial charge in [-0.15, -0.1) is 11.3 Å². The first-order valence-electron chi connectivity index (χ1n) is 3.98. The van der Waals surface area contributed by atoms with Gasteiger partial charge in [-0.1, -0.05) is 0 Å². The van der Waals surface area contributed by atoms with Crippen LogP contribution in [0.15, 0.2) is 5.51 Å². The third-order valence-electron chi connectivity index (χ3n) is 1.84. The molecule has 0 bridgehead atoms. The van der Waals surface area contributed by atoms with Crippen LogP contribution in [-0.2, 0) is 11.2 Å². The molecular weight excluding hydrogens is 188 g/mol. The van der Waals surface area contributed by atoms with Crippen molar-refractivity contribution in [3.8, 4) is 0 Å². The number of thiazole rings is 1. The van der Waals surface area contributed by atoms with E-state index in [9.17, 15) is 4.79 Å². The fourth-order valence-corrected chi connectivity index (χ4v) is 1.77. The lowest BCUT2D eigenvalue weighted by Gasteiger charge is -2.04. The lowest BCUT2D eigenvalue weighted by molar-refractivity contribution is -0.138. The summed E-state index contributed by atoms with van der Waals surface area (Å²) in [7, 11) is 0. The summed E-state index contributed by atoms with van der Waals surface area (Å²) in [4.78, 5) is 15.6. The highest BCUT2D eigenvalue weighted by molar-refractivity contribution is 7.09. The van der Waals surface area contributed by atoms with Crippen LogP contribution < -0.4 is 5.73 Å². The lowest BCUT2D eigenvalue weighted by atomic mass is 10.1. The van der Waals surface area contributed by atoms with Gasteiger partial charge in [-0.3, -0.25) is 4.79 Å². The number of nitrogens with two attached hydrogens (primary N) is 1. The second-order valence-corrected chi connectivity index (χ2v) is 3.78. The number of aromatic nitrogens is 1. The molecule has 1 heterocycles. The molecule has 0 aliphatic rings. The van der Waals surface area contributed by atoms with Crippen LogP contribution >= 0.6 is 11.3 Å². The zero-order chi connectivity index (χ0) is 9.84. The summed E-state index contributed by atoms with van der Waals surface area (Å²) >= 11 is 1.54. The molecule has 4 nitrogen and oxygen atoms in total. The highest BCUT2D eigenvalue weighted by Gasteiger charge is 2.12. The minimum absolute atomic E-state index is 0.471. The van der Waals surface area contributed by atoms with Gasteiger partial charge in [0, 0.05) is 4.88 Å². The van der Waals surface area contributed by atoms with Crippen LogP contribution in [0.1, 0.15) is 17.0 Å². The summed E-state index contributed by atoms with van der Waals surface area (Å²) < 4.78 is 0. The minimum Gasteiger partial charge on any atom is -0.480 e. The third kappa shape index (κ3) is 2.78. The van der Waals surface area contributed by atoms with E-state index in [1.807, 2.05) is 6.92 Å². The molecule has 0 spiro atoms. The van der Waals surface area contributed by atoms with E-state index in [-0.39, 0.29) is 0 Å². The minimum atomic E-state index is -0.942. The van der Waals surface area contributed by atoms with Gasteiger partial charge < -0.3 is 10.8 Å². The Morgan fingerprint density at radius 1 is 1.85 bits per heavy atom. The van der Waals surface area contributed by atoms with Crippen molar-refractivity contribution in [3.63, 3.8) is 0 Å². The molecular formula is C8H12N2O2S. The lowest BCUT2D eigenvalue weighted by Crippen LogP contribution is -2.30. The number of carboxylic acids is 1. The summed E-state index contributed by atoms with van der Waals surface area (Å²) in [6, 6.07) is -0.763. The van der Waals surface area contributed by atoms with Crippen molar-refractivity contribution < 1.29 is 9.90 Å². The number of carbonyl (C=O) groups is 1. The van der Waals surface area contributed by atoms with E-state index < -0.39 is 12.0 Å². The Kier molecular flexibility index (Phi) is 3.39. The second kappa shape index (κ2) is 4.34. The quantitative estimate of drug-likeness (QED) is 0.753. The molecule has 0 saturated carbocycles. The molecule has 13 heavy (non-hydrogen) atoms. The Morgan fingerprint density at radius 2 is 2.54 bits per heavy atom. The van der Waals surface area contributed by atoms with Crippen molar-refractivity contribution in [2.75, 3.05) is 0 Å². The summed E-state index contributed by atoms with van der Waals surface area (Å²) in [6.45, 7) is 1.91. The Morgan fingerprint density at radius 3 is 3.00 bits per heavy atom. The Balaban J connectivity index is 2.44. The maximum atomic E-state index is 10.4. The second-order valence-electron chi connectivity index (χ2n) is 2.84. The van der Waals surface area contributed by atoms with Crippen LogP contribution in [-0.4, -0.2) is 22.1 Å². The van der Waals surface area contributed by atoms with E-state index in [0.29, 0.717) is 12.8 Å². The van der Waals surface area contributed by atoms with Crippen molar-refractivity contribution in [1.82, 2.24) is 4.98 Å². The van der Waals surface area contributed by atoms with Crippen molar-refractivity contribution in [2.24, 2.45) is 5.73 Å². The van der Waals surface area contributed by atoms with Crippen LogP contribution in [0, 0.1) is 6.92 Å². The van der Waals surface area contributed by atoms with E-state index in [4.69, 9.17) is 10.8 Å². The number of aryl methyl sites for hydroxylation is 2. The number of aliphatic carboxylic acids is 1. The summed E-state index contributed by atoms with van der Waals surface area (Å²) in [5.74, 6) is -0.942. The van der Waals surface area contributed by atoms with Gasteiger partial charge in [-0.25, -0.2) is 4.98 Å². The smallest absolute Gasteiger partial charge is 0.320 e. The van der Waals surface area contributed by atoms with Gasteiger partial charge in [0.05, 0.1) is 11.2 Å². The van der Waals surface area contributed by atoms with Crippen molar-refractivity contribution in [3.05, 3.63) is 16.1 Å². The predicted molar refractivity (Wildman–Crippen MR) is 50.8 cm³/mol. The normalized spacial score (nSPS) is 12.8. The molecule has 72 valence electrons. The van der Waals surface area contributed by atoms with Crippen molar-refractivity contribution in [1.29, 1.82) is 0 Å². The molecule has 1 rings (SSSR count). The molecule has 0 aromatic carbocycles. The summed E-state index contributed by atoms with van der Waals surface area (Å²) in [5.41, 5.74) is 8.10. The van der Waals surface area contributed by atoms with E-state index in [1.165, 1.54) is 0 Å². The topological polar surface area (TPSA) is 76.2 Å². The number of nitrogens with zero attached hydrogens (tertiary/aromatic N) is 1. The van der Waals surface area contributed by atoms with Gasteiger partial charge in [0.1, 0.15) is 6.04 Å². The fraction of sp³-hybridized carbons (Fsp3) is 0.500. The van der Waals surface area contributed by atoms with Crippen LogP contribution in [0.2, 0.25) is 0 Å². The standard InChI is InChI=1S/C8H12N2O2S/c1-5-7(13-4-10-5)3-2-6(9)8(11)12/h4,6H,2-3,9H2,1H3,(H,11,12)/t6-/m0/s1. The number of rotatable bonds is 4. The Bertz CT molecular complexity index is 298. The Labute approximate surface area is 80.4 Å². The van der Waals surface area contributed by atoms with Crippen LogP contribution in [0.25, 0.3) is 0 Å². The first kappa shape index (κ1) is 10.1. The van der Waals surface area contributed by atoms with Crippen LogP contribution in [0.4, 0.5) is 0 Å². The van der Waals surface area contributed by atoms with Gasteiger partial charge in [0.25, 0.3) is 0 Å².